The van der Waals surface area contributed by atoms with Crippen molar-refractivity contribution in [2.24, 2.45) is 0 Å². The number of ether oxygens (including phenoxy) is 1. The molecule has 20 heavy (non-hydrogen) atoms. The maximum Gasteiger partial charge on any atom is 0.259 e. The van der Waals surface area contributed by atoms with E-state index in [1.165, 1.54) is 0 Å². The van der Waals surface area contributed by atoms with Crippen molar-refractivity contribution in [3.05, 3.63) is 58.1 Å². The van der Waals surface area contributed by atoms with Crippen LogP contribution in [0.15, 0.2) is 36.4 Å². The van der Waals surface area contributed by atoms with Gasteiger partial charge in [-0.05, 0) is 43.7 Å². The molecule has 0 saturated heterocycles. The van der Waals surface area contributed by atoms with Crippen molar-refractivity contribution in [3.8, 4) is 5.75 Å². The molecule has 2 aromatic carbocycles. The van der Waals surface area contributed by atoms with Crippen LogP contribution in [-0.4, -0.2) is 13.0 Å². The number of rotatable bonds is 3. The lowest BCUT2D eigenvalue weighted by Gasteiger charge is -2.11. The van der Waals surface area contributed by atoms with Crippen LogP contribution in [0.25, 0.3) is 0 Å². The monoisotopic (exact) mass is 289 g/mol. The number of amides is 1. The van der Waals surface area contributed by atoms with Crippen molar-refractivity contribution in [2.45, 2.75) is 13.8 Å². The highest BCUT2D eigenvalue weighted by atomic mass is 35.5. The van der Waals surface area contributed by atoms with E-state index in [9.17, 15) is 4.79 Å². The van der Waals surface area contributed by atoms with Crippen LogP contribution in [0.1, 0.15) is 21.5 Å². The van der Waals surface area contributed by atoms with Crippen LogP contribution in [0.2, 0.25) is 5.02 Å². The Morgan fingerprint density at radius 3 is 2.55 bits per heavy atom. The molecule has 2 rings (SSSR count). The van der Waals surface area contributed by atoms with Crippen LogP contribution in [0.3, 0.4) is 0 Å². The molecule has 0 aromatic heterocycles. The maximum atomic E-state index is 12.3. The first-order valence-corrected chi connectivity index (χ1v) is 6.61. The maximum absolute atomic E-state index is 12.3. The fourth-order valence-electron chi connectivity index (χ4n) is 1.87. The number of halogens is 1. The van der Waals surface area contributed by atoms with Crippen molar-refractivity contribution >= 4 is 23.2 Å². The van der Waals surface area contributed by atoms with E-state index < -0.39 is 0 Å². The molecule has 0 aliphatic rings. The third-order valence-corrected chi connectivity index (χ3v) is 3.44. The zero-order chi connectivity index (χ0) is 14.7. The fraction of sp³-hybridized carbons (Fsp3) is 0.188. The van der Waals surface area contributed by atoms with Crippen molar-refractivity contribution in [1.82, 2.24) is 0 Å². The Balaban J connectivity index is 2.27. The summed E-state index contributed by atoms with van der Waals surface area (Å²) in [5.41, 5.74) is 3.13. The van der Waals surface area contributed by atoms with E-state index in [2.05, 4.69) is 5.32 Å². The molecule has 0 atom stereocenters. The van der Waals surface area contributed by atoms with Gasteiger partial charge in [-0.3, -0.25) is 4.79 Å². The molecular weight excluding hydrogens is 274 g/mol. The van der Waals surface area contributed by atoms with Crippen LogP contribution in [0, 0.1) is 13.8 Å². The van der Waals surface area contributed by atoms with Crippen molar-refractivity contribution < 1.29 is 9.53 Å². The van der Waals surface area contributed by atoms with Gasteiger partial charge >= 0.3 is 0 Å². The van der Waals surface area contributed by atoms with Gasteiger partial charge in [0.05, 0.1) is 12.7 Å². The van der Waals surface area contributed by atoms with Gasteiger partial charge < -0.3 is 10.1 Å². The Hall–Kier alpha value is -2.00. The van der Waals surface area contributed by atoms with Gasteiger partial charge in [-0.2, -0.15) is 0 Å². The Bertz CT molecular complexity index is 653. The molecule has 2 aromatic rings. The molecule has 0 unspecified atom stereocenters. The summed E-state index contributed by atoms with van der Waals surface area (Å²) in [6, 6.07) is 10.9. The molecule has 0 aliphatic carbocycles. The lowest BCUT2D eigenvalue weighted by molar-refractivity contribution is 0.102. The third kappa shape index (κ3) is 3.11. The summed E-state index contributed by atoms with van der Waals surface area (Å²) in [6.07, 6.45) is 0. The summed E-state index contributed by atoms with van der Waals surface area (Å²) >= 11 is 6.05. The summed E-state index contributed by atoms with van der Waals surface area (Å²) in [6.45, 7) is 3.84. The molecule has 0 spiro atoms. The predicted octanol–water partition coefficient (Wildman–Crippen LogP) is 4.22. The van der Waals surface area contributed by atoms with Crippen LogP contribution in [-0.2, 0) is 0 Å². The number of carbonyl (C=O) groups excluding carboxylic acids is 1. The van der Waals surface area contributed by atoms with Gasteiger partial charge in [0.2, 0.25) is 0 Å². The van der Waals surface area contributed by atoms with E-state index in [0.717, 1.165) is 11.1 Å². The number of aryl methyl sites for hydroxylation is 2. The van der Waals surface area contributed by atoms with Crippen LogP contribution < -0.4 is 10.1 Å². The number of hydrogen-bond donors (Lipinski definition) is 1. The summed E-state index contributed by atoms with van der Waals surface area (Å²) in [7, 11) is 1.55. The minimum atomic E-state index is -0.217. The van der Waals surface area contributed by atoms with Crippen molar-refractivity contribution in [2.75, 3.05) is 12.4 Å². The van der Waals surface area contributed by atoms with Gasteiger partial charge in [-0.25, -0.2) is 0 Å². The molecule has 4 heteroatoms. The Morgan fingerprint density at radius 2 is 1.90 bits per heavy atom. The largest absolute Gasteiger partial charge is 0.496 e. The minimum absolute atomic E-state index is 0.217. The lowest BCUT2D eigenvalue weighted by atomic mass is 10.1. The second kappa shape index (κ2) is 5.97. The highest BCUT2D eigenvalue weighted by molar-refractivity contribution is 6.31. The summed E-state index contributed by atoms with van der Waals surface area (Å²) in [5.74, 6) is 0.330. The number of anilines is 1. The second-order valence-corrected chi connectivity index (χ2v) is 5.03. The first-order valence-electron chi connectivity index (χ1n) is 6.23. The van der Waals surface area contributed by atoms with E-state index in [-0.39, 0.29) is 5.91 Å². The quantitative estimate of drug-likeness (QED) is 0.919. The standard InChI is InChI=1S/C16H16ClNO2/c1-10-4-7-15(20-3)13(8-10)16(19)18-12-6-5-11(2)14(17)9-12/h4-9H,1-3H3,(H,18,19). The van der Waals surface area contributed by atoms with Gasteiger partial charge in [0.1, 0.15) is 5.75 Å². The molecule has 0 bridgehead atoms. The number of nitrogens with one attached hydrogen (secondary N) is 1. The summed E-state index contributed by atoms with van der Waals surface area (Å²) in [5, 5.41) is 3.45. The average molecular weight is 290 g/mol. The molecule has 1 N–H and O–H groups in total. The smallest absolute Gasteiger partial charge is 0.259 e. The van der Waals surface area contributed by atoms with Crippen LogP contribution in [0.5, 0.6) is 5.75 Å². The minimum Gasteiger partial charge on any atom is -0.496 e. The Kier molecular flexibility index (Phi) is 4.30. The van der Waals surface area contributed by atoms with E-state index >= 15 is 0 Å². The molecule has 0 aliphatic heterocycles. The number of carbonyl (C=O) groups is 1. The first-order chi connectivity index (χ1) is 9.51. The van der Waals surface area contributed by atoms with Gasteiger partial charge in [-0.1, -0.05) is 29.3 Å². The first kappa shape index (κ1) is 14.4. The molecule has 104 valence electrons. The van der Waals surface area contributed by atoms with Gasteiger partial charge in [0.15, 0.2) is 0 Å². The summed E-state index contributed by atoms with van der Waals surface area (Å²) < 4.78 is 5.22. The molecular formula is C16H16ClNO2. The zero-order valence-corrected chi connectivity index (χ0v) is 12.4. The van der Waals surface area contributed by atoms with Gasteiger partial charge in [0.25, 0.3) is 5.91 Å². The third-order valence-electron chi connectivity index (χ3n) is 3.03. The van der Waals surface area contributed by atoms with E-state index in [1.807, 2.05) is 32.0 Å². The topological polar surface area (TPSA) is 38.3 Å². The zero-order valence-electron chi connectivity index (χ0n) is 11.7. The van der Waals surface area contributed by atoms with Crippen LogP contribution >= 0.6 is 11.6 Å². The lowest BCUT2D eigenvalue weighted by Crippen LogP contribution is -2.13. The van der Waals surface area contributed by atoms with Gasteiger partial charge in [-0.15, -0.1) is 0 Å². The number of methoxy groups -OCH3 is 1. The highest BCUT2D eigenvalue weighted by Gasteiger charge is 2.13. The second-order valence-electron chi connectivity index (χ2n) is 4.62. The van der Waals surface area contributed by atoms with E-state index in [0.29, 0.717) is 22.0 Å². The van der Waals surface area contributed by atoms with Crippen molar-refractivity contribution in [3.63, 3.8) is 0 Å². The number of benzene rings is 2. The average Bonchev–Trinajstić information content (AvgIpc) is 2.43. The Morgan fingerprint density at radius 1 is 1.15 bits per heavy atom. The van der Waals surface area contributed by atoms with E-state index in [1.54, 1.807) is 25.3 Å². The van der Waals surface area contributed by atoms with E-state index in [4.69, 9.17) is 16.3 Å². The van der Waals surface area contributed by atoms with Gasteiger partial charge in [0, 0.05) is 10.7 Å². The fourth-order valence-corrected chi connectivity index (χ4v) is 2.05. The van der Waals surface area contributed by atoms with Crippen LogP contribution in [0.4, 0.5) is 5.69 Å². The Labute approximate surface area is 123 Å². The summed E-state index contributed by atoms with van der Waals surface area (Å²) in [4.78, 5) is 12.3. The molecule has 0 saturated carbocycles. The number of hydrogen-bond acceptors (Lipinski definition) is 2. The molecule has 0 heterocycles. The predicted molar refractivity (Wildman–Crippen MR) is 81.9 cm³/mol. The SMILES string of the molecule is COc1ccc(C)cc1C(=O)Nc1ccc(C)c(Cl)c1. The highest BCUT2D eigenvalue weighted by Crippen LogP contribution is 2.23. The normalized spacial score (nSPS) is 10.2. The molecule has 0 radical (unpaired) electrons. The van der Waals surface area contributed by atoms with Crippen molar-refractivity contribution in [1.29, 1.82) is 0 Å². The molecule has 0 fully saturated rings. The molecule has 1 amide bonds. The molecule has 3 nitrogen and oxygen atoms in total.